The van der Waals surface area contributed by atoms with Crippen LogP contribution in [0.2, 0.25) is 5.02 Å². The van der Waals surface area contributed by atoms with Crippen molar-refractivity contribution < 1.29 is 34.8 Å². The number of carbonyl (C=O) groups excluding carboxylic acids is 1. The Morgan fingerprint density at radius 1 is 0.844 bits per heavy atom. The van der Waals surface area contributed by atoms with Gasteiger partial charge in [-0.05, 0) is 79.1 Å². The number of carbonyl (C=O) groups is 1. The predicted molar refractivity (Wildman–Crippen MR) is 165 cm³/mol. The van der Waals surface area contributed by atoms with Gasteiger partial charge in [-0.1, -0.05) is 48.0 Å². The summed E-state index contributed by atoms with van der Waals surface area (Å²) < 4.78 is 96.6. The van der Waals surface area contributed by atoms with E-state index >= 15 is 0 Å². The highest BCUT2D eigenvalue weighted by atomic mass is 35.5. The van der Waals surface area contributed by atoms with Crippen molar-refractivity contribution in [2.45, 2.75) is 35.4 Å². The summed E-state index contributed by atoms with van der Waals surface area (Å²) in [6.45, 7) is 0.572. The van der Waals surface area contributed by atoms with Crippen molar-refractivity contribution in [3.8, 4) is 0 Å². The number of hydrogen-bond donors (Lipinski definition) is 1. The molecule has 4 aromatic carbocycles. The standard InChI is InChI=1S/C31H27ClF3N3O5S2/c32-28-16-11-23(30(39)36-25-12-14-27(15-13-25)44(40,41)37-17-4-5-18-37)19-29(28)45(42,43)38(21-22-7-2-1-3-8-22)26-10-6-9-24(20-26)31(33,34)35/h1-3,6-16,19-20H,4-5,17-18,21H2,(H,36,39). The molecule has 1 fully saturated rings. The third-order valence-corrected chi connectivity index (χ3v) is 11.4. The van der Waals surface area contributed by atoms with Gasteiger partial charge in [-0.3, -0.25) is 9.10 Å². The second kappa shape index (κ2) is 12.8. The van der Waals surface area contributed by atoms with Gasteiger partial charge in [-0.25, -0.2) is 16.8 Å². The van der Waals surface area contributed by atoms with E-state index in [0.717, 1.165) is 41.4 Å². The highest BCUT2D eigenvalue weighted by Crippen LogP contribution is 2.35. The molecule has 0 bridgehead atoms. The molecule has 236 valence electrons. The van der Waals surface area contributed by atoms with Gasteiger partial charge in [-0.15, -0.1) is 0 Å². The van der Waals surface area contributed by atoms with Gasteiger partial charge in [-0.2, -0.15) is 17.5 Å². The van der Waals surface area contributed by atoms with Crippen LogP contribution in [0.4, 0.5) is 24.5 Å². The SMILES string of the molecule is O=C(Nc1ccc(S(=O)(=O)N2CCCC2)cc1)c1ccc(Cl)c(S(=O)(=O)N(Cc2ccccc2)c2cccc(C(F)(F)F)c2)c1. The summed E-state index contributed by atoms with van der Waals surface area (Å²) in [6, 6.07) is 21.4. The average Bonchev–Trinajstić information content (AvgIpc) is 3.57. The number of anilines is 2. The lowest BCUT2D eigenvalue weighted by molar-refractivity contribution is -0.137. The number of hydrogen-bond acceptors (Lipinski definition) is 5. The van der Waals surface area contributed by atoms with E-state index in [1.54, 1.807) is 30.3 Å². The number of nitrogens with one attached hydrogen (secondary N) is 1. The number of sulfonamides is 2. The molecule has 1 N–H and O–H groups in total. The smallest absolute Gasteiger partial charge is 0.322 e. The normalized spacial score (nSPS) is 14.3. The fourth-order valence-electron chi connectivity index (χ4n) is 4.85. The zero-order valence-electron chi connectivity index (χ0n) is 23.5. The molecule has 1 saturated heterocycles. The van der Waals surface area contributed by atoms with E-state index in [4.69, 9.17) is 11.6 Å². The van der Waals surface area contributed by atoms with E-state index < -0.39 is 42.6 Å². The van der Waals surface area contributed by atoms with Crippen molar-refractivity contribution in [1.29, 1.82) is 0 Å². The summed E-state index contributed by atoms with van der Waals surface area (Å²) in [6.07, 6.45) is -3.14. The Kier molecular flexibility index (Phi) is 9.26. The van der Waals surface area contributed by atoms with Gasteiger partial charge in [0.1, 0.15) is 4.90 Å². The Bertz CT molecular complexity index is 1920. The van der Waals surface area contributed by atoms with Crippen LogP contribution in [0, 0.1) is 0 Å². The van der Waals surface area contributed by atoms with E-state index in [9.17, 15) is 34.8 Å². The van der Waals surface area contributed by atoms with E-state index in [1.807, 2.05) is 0 Å². The number of amides is 1. The average molecular weight is 678 g/mol. The number of benzene rings is 4. The van der Waals surface area contributed by atoms with Gasteiger partial charge in [0.25, 0.3) is 15.9 Å². The fraction of sp³-hybridized carbons (Fsp3) is 0.194. The van der Waals surface area contributed by atoms with Crippen LogP contribution in [0.5, 0.6) is 0 Å². The van der Waals surface area contributed by atoms with Crippen LogP contribution in [0.1, 0.15) is 34.3 Å². The number of nitrogens with zero attached hydrogens (tertiary/aromatic N) is 2. The molecule has 0 saturated carbocycles. The highest BCUT2D eigenvalue weighted by Gasteiger charge is 2.34. The molecule has 0 aromatic heterocycles. The van der Waals surface area contributed by atoms with Gasteiger partial charge in [0.2, 0.25) is 10.0 Å². The minimum Gasteiger partial charge on any atom is -0.322 e. The van der Waals surface area contributed by atoms with Gasteiger partial charge in [0.05, 0.1) is 27.7 Å². The maximum atomic E-state index is 14.1. The van der Waals surface area contributed by atoms with Crippen LogP contribution in [-0.2, 0) is 32.8 Å². The van der Waals surface area contributed by atoms with Crippen molar-refractivity contribution in [2.24, 2.45) is 0 Å². The molecule has 0 unspecified atom stereocenters. The summed E-state index contributed by atoms with van der Waals surface area (Å²) in [5.74, 6) is -0.716. The number of alkyl halides is 3. The molecule has 1 amide bonds. The highest BCUT2D eigenvalue weighted by molar-refractivity contribution is 7.93. The lowest BCUT2D eigenvalue weighted by Gasteiger charge is -2.26. The summed E-state index contributed by atoms with van der Waals surface area (Å²) in [4.78, 5) is 12.8. The Morgan fingerprint density at radius 2 is 1.51 bits per heavy atom. The minimum absolute atomic E-state index is 0.0790. The maximum absolute atomic E-state index is 14.1. The van der Waals surface area contributed by atoms with Gasteiger partial charge in [0.15, 0.2) is 0 Å². The summed E-state index contributed by atoms with van der Waals surface area (Å²) in [5.41, 5.74) is -0.626. The minimum atomic E-state index is -4.72. The molecule has 45 heavy (non-hydrogen) atoms. The lowest BCUT2D eigenvalue weighted by atomic mass is 10.2. The van der Waals surface area contributed by atoms with Crippen molar-refractivity contribution in [2.75, 3.05) is 22.7 Å². The molecule has 1 aliphatic rings. The Labute approximate surface area is 264 Å². The maximum Gasteiger partial charge on any atom is 0.416 e. The Morgan fingerprint density at radius 3 is 2.16 bits per heavy atom. The van der Waals surface area contributed by atoms with Crippen molar-refractivity contribution >= 4 is 48.9 Å². The largest absolute Gasteiger partial charge is 0.416 e. The van der Waals surface area contributed by atoms with Gasteiger partial charge >= 0.3 is 6.18 Å². The first-order chi connectivity index (χ1) is 21.3. The second-order valence-corrected chi connectivity index (χ2v) is 14.5. The third-order valence-electron chi connectivity index (χ3n) is 7.21. The van der Waals surface area contributed by atoms with Gasteiger partial charge < -0.3 is 5.32 Å². The first-order valence-electron chi connectivity index (χ1n) is 13.7. The van der Waals surface area contributed by atoms with Crippen molar-refractivity contribution in [3.63, 3.8) is 0 Å². The van der Waals surface area contributed by atoms with Crippen LogP contribution in [-0.4, -0.2) is 40.1 Å². The van der Waals surface area contributed by atoms with E-state index in [-0.39, 0.29) is 33.4 Å². The van der Waals surface area contributed by atoms with E-state index in [1.165, 1.54) is 46.8 Å². The monoisotopic (exact) mass is 677 g/mol. The van der Waals surface area contributed by atoms with Crippen LogP contribution in [0.25, 0.3) is 0 Å². The molecule has 0 radical (unpaired) electrons. The zero-order valence-corrected chi connectivity index (χ0v) is 25.9. The first kappa shape index (κ1) is 32.5. The van der Waals surface area contributed by atoms with Crippen LogP contribution in [0.15, 0.2) is 107 Å². The molecule has 1 aliphatic heterocycles. The quantitative estimate of drug-likeness (QED) is 0.210. The first-order valence-corrected chi connectivity index (χ1v) is 17.0. The van der Waals surface area contributed by atoms with Crippen molar-refractivity contribution in [1.82, 2.24) is 4.31 Å². The van der Waals surface area contributed by atoms with E-state index in [2.05, 4.69) is 5.32 Å². The molecule has 0 spiro atoms. The van der Waals surface area contributed by atoms with Crippen LogP contribution >= 0.6 is 11.6 Å². The summed E-state index contributed by atoms with van der Waals surface area (Å²) in [7, 11) is -8.28. The van der Waals surface area contributed by atoms with Crippen LogP contribution in [0.3, 0.4) is 0 Å². The molecule has 14 heteroatoms. The molecular weight excluding hydrogens is 651 g/mol. The zero-order chi connectivity index (χ0) is 32.4. The topological polar surface area (TPSA) is 104 Å². The fourth-order valence-corrected chi connectivity index (χ4v) is 8.32. The molecule has 0 aliphatic carbocycles. The van der Waals surface area contributed by atoms with Crippen LogP contribution < -0.4 is 9.62 Å². The molecule has 1 heterocycles. The summed E-state index contributed by atoms with van der Waals surface area (Å²) >= 11 is 6.32. The molecule has 8 nitrogen and oxygen atoms in total. The molecule has 0 atom stereocenters. The molecule has 4 aromatic rings. The number of halogens is 4. The second-order valence-electron chi connectivity index (χ2n) is 10.3. The summed E-state index contributed by atoms with van der Waals surface area (Å²) in [5, 5.41) is 2.36. The lowest BCUT2D eigenvalue weighted by Crippen LogP contribution is -2.31. The van der Waals surface area contributed by atoms with Crippen molar-refractivity contribution in [3.05, 3.63) is 119 Å². The predicted octanol–water partition coefficient (Wildman–Crippen LogP) is 6.79. The number of rotatable bonds is 9. The molecule has 5 rings (SSSR count). The van der Waals surface area contributed by atoms with Gasteiger partial charge in [0, 0.05) is 24.3 Å². The Balaban J connectivity index is 1.45. The van der Waals surface area contributed by atoms with E-state index in [0.29, 0.717) is 18.7 Å². The Hall–Kier alpha value is -3.91. The third kappa shape index (κ3) is 7.17. The molecular formula is C31H27ClF3N3O5S2.